The van der Waals surface area contributed by atoms with Crippen molar-refractivity contribution in [2.45, 2.75) is 25.4 Å². The molecule has 3 aromatic rings. The molecule has 2 aliphatic carbocycles. The van der Waals surface area contributed by atoms with E-state index >= 15 is 0 Å². The second-order valence-electron chi connectivity index (χ2n) is 9.56. The van der Waals surface area contributed by atoms with E-state index in [0.717, 1.165) is 25.6 Å². The number of alkyl halides is 3. The molecule has 5 rings (SSSR count). The maximum atomic E-state index is 14.8. The number of carbonyl (C=O) groups excluding carboxylic acids is 1. The van der Waals surface area contributed by atoms with Gasteiger partial charge in [-0.15, -0.1) is 0 Å². The van der Waals surface area contributed by atoms with E-state index in [-0.39, 0.29) is 37.5 Å². The van der Waals surface area contributed by atoms with Crippen LogP contribution in [0.4, 0.5) is 17.6 Å². The quantitative estimate of drug-likeness (QED) is 0.285. The van der Waals surface area contributed by atoms with Crippen molar-refractivity contribution in [3.8, 4) is 22.9 Å². The van der Waals surface area contributed by atoms with Crippen molar-refractivity contribution in [1.29, 1.82) is 0 Å². The maximum Gasteiger partial charge on any atom is 0.431 e. The van der Waals surface area contributed by atoms with E-state index in [1.54, 1.807) is 12.1 Å². The number of benzene rings is 2. The highest BCUT2D eigenvalue weighted by Gasteiger charge is 2.62. The first-order valence-corrected chi connectivity index (χ1v) is 12.2. The third-order valence-electron chi connectivity index (χ3n) is 6.96. The molecule has 0 aliphatic heterocycles. The Bertz CT molecular complexity index is 1580. The molecule has 0 amide bonds. The summed E-state index contributed by atoms with van der Waals surface area (Å²) >= 11 is 6.12. The first-order chi connectivity index (χ1) is 18.4. The van der Waals surface area contributed by atoms with Gasteiger partial charge in [0, 0.05) is 19.2 Å². The lowest BCUT2D eigenvalue weighted by atomic mass is 10.2. The summed E-state index contributed by atoms with van der Waals surface area (Å²) in [6, 6.07) is 7.99. The minimum atomic E-state index is -4.98. The largest absolute Gasteiger partial charge is 0.478 e. The highest BCUT2D eigenvalue weighted by atomic mass is 35.5. The van der Waals surface area contributed by atoms with Gasteiger partial charge in [-0.3, -0.25) is 9.36 Å². The lowest BCUT2D eigenvalue weighted by Crippen LogP contribution is -2.41. The second kappa shape index (κ2) is 9.74. The molecule has 39 heavy (non-hydrogen) atoms. The lowest BCUT2D eigenvalue weighted by molar-refractivity contribution is -0.146. The van der Waals surface area contributed by atoms with E-state index in [2.05, 4.69) is 0 Å². The summed E-state index contributed by atoms with van der Waals surface area (Å²) in [6.07, 6.45) is -1.56. The van der Waals surface area contributed by atoms with E-state index in [1.165, 1.54) is 25.0 Å². The third-order valence-corrected chi connectivity index (χ3v) is 7.26. The Kier molecular flexibility index (Phi) is 6.69. The van der Waals surface area contributed by atoms with Gasteiger partial charge in [0.25, 0.3) is 5.56 Å². The molecule has 206 valence electrons. The summed E-state index contributed by atoms with van der Waals surface area (Å²) in [6.45, 7) is -0.0590. The number of aromatic nitrogens is 2. The fourth-order valence-corrected chi connectivity index (χ4v) is 4.66. The Balaban J connectivity index is 1.37. The Morgan fingerprint density at radius 2 is 1.79 bits per heavy atom. The van der Waals surface area contributed by atoms with Gasteiger partial charge in [0.15, 0.2) is 18.1 Å². The summed E-state index contributed by atoms with van der Waals surface area (Å²) in [5, 5.41) is -0.263. The Morgan fingerprint density at radius 3 is 2.44 bits per heavy atom. The van der Waals surface area contributed by atoms with Gasteiger partial charge in [0.05, 0.1) is 17.3 Å². The first kappa shape index (κ1) is 26.8. The third kappa shape index (κ3) is 5.38. The number of rotatable bonds is 8. The van der Waals surface area contributed by atoms with Crippen molar-refractivity contribution in [2.75, 3.05) is 13.2 Å². The fourth-order valence-electron chi connectivity index (χ4n) is 4.47. The summed E-state index contributed by atoms with van der Waals surface area (Å²) in [7, 11) is 0.805. The zero-order chi connectivity index (χ0) is 28.1. The van der Waals surface area contributed by atoms with E-state index in [0.29, 0.717) is 17.9 Å². The highest BCUT2D eigenvalue weighted by molar-refractivity contribution is 6.32. The molecule has 1 unspecified atom stereocenters. The summed E-state index contributed by atoms with van der Waals surface area (Å²) in [4.78, 5) is 37.2. The van der Waals surface area contributed by atoms with Crippen LogP contribution in [0.3, 0.4) is 0 Å². The van der Waals surface area contributed by atoms with Gasteiger partial charge in [-0.25, -0.2) is 18.5 Å². The van der Waals surface area contributed by atoms with Crippen LogP contribution in [-0.2, 0) is 22.8 Å². The predicted octanol–water partition coefficient (Wildman–Crippen LogP) is 4.86. The molecule has 0 N–H and O–H groups in total. The van der Waals surface area contributed by atoms with Crippen LogP contribution < -0.4 is 20.7 Å². The molecular weight excluding hydrogens is 548 g/mol. The Morgan fingerprint density at radius 1 is 1.10 bits per heavy atom. The Labute approximate surface area is 223 Å². The lowest BCUT2D eigenvalue weighted by Gasteiger charge is -2.16. The van der Waals surface area contributed by atoms with E-state index in [4.69, 9.17) is 25.8 Å². The minimum absolute atomic E-state index is 0.0524. The van der Waals surface area contributed by atoms with Gasteiger partial charge in [-0.1, -0.05) is 23.7 Å². The van der Waals surface area contributed by atoms with Gasteiger partial charge in [-0.05, 0) is 48.8 Å². The van der Waals surface area contributed by atoms with Gasteiger partial charge < -0.3 is 14.2 Å². The van der Waals surface area contributed by atoms with Crippen molar-refractivity contribution in [3.05, 3.63) is 79.8 Å². The molecule has 0 bridgehead atoms. The molecule has 0 radical (unpaired) electrons. The normalized spacial score (nSPS) is 17.1. The van der Waals surface area contributed by atoms with Crippen LogP contribution in [0.1, 0.15) is 25.0 Å². The van der Waals surface area contributed by atoms with Gasteiger partial charge in [-0.2, -0.15) is 13.2 Å². The molecule has 2 saturated carbocycles. The molecule has 1 atom stereocenters. The molecule has 1 spiro atoms. The number of nitrogens with zero attached hydrogens (tertiary/aromatic N) is 2. The predicted molar refractivity (Wildman–Crippen MR) is 130 cm³/mol. The topological polar surface area (TPSA) is 88.8 Å². The molecule has 1 aromatic heterocycles. The zero-order valence-electron chi connectivity index (χ0n) is 20.4. The number of halogens is 5. The smallest absolute Gasteiger partial charge is 0.431 e. The summed E-state index contributed by atoms with van der Waals surface area (Å²) in [5.74, 6) is -1.38. The minimum Gasteiger partial charge on any atom is -0.478 e. The van der Waals surface area contributed by atoms with Crippen LogP contribution in [0.2, 0.25) is 5.02 Å². The molecule has 2 aliphatic rings. The maximum absolute atomic E-state index is 14.8. The van der Waals surface area contributed by atoms with Gasteiger partial charge in [0.1, 0.15) is 17.3 Å². The molecule has 2 aromatic carbocycles. The Hall–Kier alpha value is -3.80. The molecule has 0 saturated heterocycles. The van der Waals surface area contributed by atoms with Crippen molar-refractivity contribution < 1.29 is 36.6 Å². The van der Waals surface area contributed by atoms with Crippen molar-refractivity contribution in [2.24, 2.45) is 18.4 Å². The number of para-hydroxylation sites is 2. The van der Waals surface area contributed by atoms with Crippen LogP contribution in [-0.4, -0.2) is 28.3 Å². The van der Waals surface area contributed by atoms with E-state index < -0.39 is 47.2 Å². The molecule has 8 nitrogen and oxygen atoms in total. The fraction of sp³-hybridized carbons (Fsp3) is 0.346. The van der Waals surface area contributed by atoms with Crippen LogP contribution in [0.5, 0.6) is 17.2 Å². The number of esters is 1. The second-order valence-corrected chi connectivity index (χ2v) is 9.97. The van der Waals surface area contributed by atoms with Crippen molar-refractivity contribution in [3.63, 3.8) is 0 Å². The number of hydrogen-bond donors (Lipinski definition) is 0. The van der Waals surface area contributed by atoms with E-state index in [1.807, 2.05) is 0 Å². The van der Waals surface area contributed by atoms with Crippen LogP contribution in [0.15, 0.2) is 52.1 Å². The monoisotopic (exact) mass is 568 g/mol. The van der Waals surface area contributed by atoms with Crippen molar-refractivity contribution in [1.82, 2.24) is 9.13 Å². The van der Waals surface area contributed by atoms with E-state index in [9.17, 15) is 31.9 Å². The van der Waals surface area contributed by atoms with Gasteiger partial charge in [0.2, 0.25) is 0 Å². The molecule has 13 heteroatoms. The number of carbonyl (C=O) groups is 1. The summed E-state index contributed by atoms with van der Waals surface area (Å²) < 4.78 is 71.3. The van der Waals surface area contributed by atoms with Crippen molar-refractivity contribution >= 4 is 17.6 Å². The first-order valence-electron chi connectivity index (χ1n) is 11.8. The molecular formula is C26H21ClF4N2O6. The zero-order valence-corrected chi connectivity index (χ0v) is 21.1. The standard InChI is InChI=1S/C26H21ClF4N2O6/c1-32-21(26(29,30)31)10-22(34)33(24(32)36)17-9-20(15(27)8-16(17)28)39-19-5-3-2-4-18(19)37-13-23(35)38-12-14-11-25(14)6-7-25/h2-5,8-10,14H,6-7,11-13H2,1H3. The van der Waals surface area contributed by atoms with Crippen LogP contribution >= 0.6 is 11.6 Å². The molecule has 1 heterocycles. The SMILES string of the molecule is Cn1c(C(F)(F)F)cc(=O)n(-c2cc(Oc3ccccc3OCC(=O)OCC3CC34CC4)c(Cl)cc2F)c1=O. The van der Waals surface area contributed by atoms with Crippen LogP contribution in [0.25, 0.3) is 5.69 Å². The number of ether oxygens (including phenoxy) is 3. The van der Waals surface area contributed by atoms with Crippen LogP contribution in [0, 0.1) is 17.2 Å². The summed E-state index contributed by atoms with van der Waals surface area (Å²) in [5.41, 5.74) is -4.61. The average molecular weight is 569 g/mol. The number of hydrogen-bond acceptors (Lipinski definition) is 6. The average Bonchev–Trinajstić information content (AvgIpc) is 3.80. The van der Waals surface area contributed by atoms with Gasteiger partial charge >= 0.3 is 17.8 Å². The highest BCUT2D eigenvalue weighted by Crippen LogP contribution is 2.70. The molecule has 2 fully saturated rings.